The average molecular weight is 309 g/mol. The predicted molar refractivity (Wildman–Crippen MR) is 64.8 cm³/mol. The fraction of sp³-hybridized carbons (Fsp3) is 0.818. The standard InChI is InChI=1S/C11H19NO9/c1-4(14)12-7(8(17)6(16)3-13)9-5(15)2-11(20,21-9)10(18)19/h5-9,13,15-17,20H,2-3H2,1H3,(H,12,14)(H,18,19)/t5-,6+,7+,8+,9-,11?/m0/s1. The van der Waals surface area contributed by atoms with E-state index in [2.05, 4.69) is 5.32 Å². The van der Waals surface area contributed by atoms with Gasteiger partial charge in [-0.3, -0.25) is 4.79 Å². The molecule has 0 aliphatic carbocycles. The number of aliphatic carboxylic acids is 1. The second-order valence-electron chi connectivity index (χ2n) is 4.91. The second kappa shape index (κ2) is 6.64. The minimum atomic E-state index is -2.66. The topological polar surface area (TPSA) is 177 Å². The molecule has 122 valence electrons. The van der Waals surface area contributed by atoms with Gasteiger partial charge in [0.1, 0.15) is 18.3 Å². The minimum absolute atomic E-state index is 0.647. The fourth-order valence-electron chi connectivity index (χ4n) is 2.15. The summed E-state index contributed by atoms with van der Waals surface area (Å²) < 4.78 is 4.84. The summed E-state index contributed by atoms with van der Waals surface area (Å²) in [4.78, 5) is 22.0. The number of carbonyl (C=O) groups is 2. The Morgan fingerprint density at radius 3 is 2.38 bits per heavy atom. The van der Waals surface area contributed by atoms with Crippen molar-refractivity contribution >= 4 is 11.9 Å². The Labute approximate surface area is 119 Å². The molecule has 0 spiro atoms. The molecular formula is C11H19NO9. The molecule has 7 N–H and O–H groups in total. The zero-order valence-electron chi connectivity index (χ0n) is 11.2. The van der Waals surface area contributed by atoms with Crippen molar-refractivity contribution in [2.45, 2.75) is 49.6 Å². The highest BCUT2D eigenvalue weighted by atomic mass is 16.7. The molecule has 1 aliphatic heterocycles. The zero-order chi connectivity index (χ0) is 16.4. The summed E-state index contributed by atoms with van der Waals surface area (Å²) in [5.41, 5.74) is 0. The summed E-state index contributed by atoms with van der Waals surface area (Å²) in [5.74, 6) is -5.04. The molecule has 21 heavy (non-hydrogen) atoms. The lowest BCUT2D eigenvalue weighted by Gasteiger charge is -2.32. The molecule has 10 nitrogen and oxygen atoms in total. The van der Waals surface area contributed by atoms with E-state index in [0.717, 1.165) is 6.92 Å². The molecule has 1 aliphatic rings. The lowest BCUT2D eigenvalue weighted by Crippen LogP contribution is -2.58. The number of aliphatic hydroxyl groups excluding tert-OH is 4. The first-order chi connectivity index (χ1) is 9.62. The zero-order valence-corrected chi connectivity index (χ0v) is 11.2. The summed E-state index contributed by atoms with van der Waals surface area (Å²) in [6, 6.07) is -1.42. The van der Waals surface area contributed by atoms with Crippen LogP contribution in [-0.4, -0.2) is 85.4 Å². The molecule has 0 aromatic carbocycles. The molecule has 6 atom stereocenters. The number of ether oxygens (including phenoxy) is 1. The van der Waals surface area contributed by atoms with E-state index in [1.54, 1.807) is 0 Å². The third-order valence-electron chi connectivity index (χ3n) is 3.20. The first-order valence-corrected chi connectivity index (χ1v) is 6.18. The maximum atomic E-state index is 11.1. The maximum Gasteiger partial charge on any atom is 0.364 e. The summed E-state index contributed by atoms with van der Waals surface area (Å²) in [5, 5.41) is 58.6. The van der Waals surface area contributed by atoms with Gasteiger partial charge in [0.25, 0.3) is 5.79 Å². The van der Waals surface area contributed by atoms with Gasteiger partial charge in [-0.25, -0.2) is 4.79 Å². The molecule has 10 heteroatoms. The molecular weight excluding hydrogens is 290 g/mol. The molecule has 0 radical (unpaired) electrons. The van der Waals surface area contributed by atoms with Crippen LogP contribution in [0.3, 0.4) is 0 Å². The number of hydrogen-bond acceptors (Lipinski definition) is 8. The average Bonchev–Trinajstić information content (AvgIpc) is 2.70. The van der Waals surface area contributed by atoms with E-state index >= 15 is 0 Å². The van der Waals surface area contributed by atoms with Crippen molar-refractivity contribution in [2.75, 3.05) is 6.61 Å². The van der Waals surface area contributed by atoms with Crippen LogP contribution in [0.15, 0.2) is 0 Å². The van der Waals surface area contributed by atoms with Gasteiger partial charge < -0.3 is 40.7 Å². The number of nitrogens with one attached hydrogen (secondary N) is 1. The fourth-order valence-corrected chi connectivity index (χ4v) is 2.15. The van der Waals surface area contributed by atoms with Crippen molar-refractivity contribution in [3.8, 4) is 0 Å². The van der Waals surface area contributed by atoms with Gasteiger partial charge in [0, 0.05) is 13.3 Å². The SMILES string of the molecule is CC(=O)N[C@H]([C@H](O)[C@H](O)CO)[C@H]1OC(O)(C(=O)O)C[C@@H]1O. The first-order valence-electron chi connectivity index (χ1n) is 6.18. The van der Waals surface area contributed by atoms with Crippen molar-refractivity contribution in [1.82, 2.24) is 5.32 Å². The largest absolute Gasteiger partial charge is 0.477 e. The Kier molecular flexibility index (Phi) is 5.61. The third-order valence-corrected chi connectivity index (χ3v) is 3.20. The van der Waals surface area contributed by atoms with Crippen molar-refractivity contribution in [3.05, 3.63) is 0 Å². The number of amides is 1. The van der Waals surface area contributed by atoms with E-state index < -0.39 is 61.1 Å². The Morgan fingerprint density at radius 1 is 1.43 bits per heavy atom. The summed E-state index contributed by atoms with van der Waals surface area (Å²) in [6.45, 7) is 0.263. The first kappa shape index (κ1) is 17.8. The Balaban J connectivity index is 2.98. The monoisotopic (exact) mass is 309 g/mol. The predicted octanol–water partition coefficient (Wildman–Crippen LogP) is -3.87. The van der Waals surface area contributed by atoms with Crippen LogP contribution >= 0.6 is 0 Å². The minimum Gasteiger partial charge on any atom is -0.477 e. The van der Waals surface area contributed by atoms with Gasteiger partial charge in [-0.2, -0.15) is 0 Å². The molecule has 0 aromatic rings. The van der Waals surface area contributed by atoms with Crippen molar-refractivity contribution in [2.24, 2.45) is 0 Å². The summed E-state index contributed by atoms with van der Waals surface area (Å²) >= 11 is 0. The molecule has 0 aromatic heterocycles. The Bertz CT molecular complexity index is 403. The molecule has 1 rings (SSSR count). The van der Waals surface area contributed by atoms with Crippen LogP contribution in [0.2, 0.25) is 0 Å². The van der Waals surface area contributed by atoms with Gasteiger partial charge in [0.05, 0.1) is 18.8 Å². The van der Waals surface area contributed by atoms with E-state index in [-0.39, 0.29) is 0 Å². The van der Waals surface area contributed by atoms with Gasteiger partial charge in [0.15, 0.2) is 0 Å². The Morgan fingerprint density at radius 2 is 2.00 bits per heavy atom. The highest BCUT2D eigenvalue weighted by Crippen LogP contribution is 2.31. The van der Waals surface area contributed by atoms with E-state index in [4.69, 9.17) is 14.9 Å². The highest BCUT2D eigenvalue weighted by molar-refractivity contribution is 5.76. The molecule has 1 heterocycles. The van der Waals surface area contributed by atoms with Crippen LogP contribution in [0.4, 0.5) is 0 Å². The number of hydrogen-bond donors (Lipinski definition) is 7. The van der Waals surface area contributed by atoms with Crippen molar-refractivity contribution in [3.63, 3.8) is 0 Å². The highest BCUT2D eigenvalue weighted by Gasteiger charge is 2.54. The number of aliphatic hydroxyl groups is 5. The van der Waals surface area contributed by atoms with Crippen LogP contribution < -0.4 is 5.32 Å². The molecule has 0 bridgehead atoms. The quantitative estimate of drug-likeness (QED) is 0.258. The van der Waals surface area contributed by atoms with E-state index in [1.807, 2.05) is 0 Å². The molecule has 1 amide bonds. The van der Waals surface area contributed by atoms with Crippen LogP contribution in [-0.2, 0) is 14.3 Å². The second-order valence-corrected chi connectivity index (χ2v) is 4.91. The maximum absolute atomic E-state index is 11.1. The lowest BCUT2D eigenvalue weighted by molar-refractivity contribution is -0.223. The van der Waals surface area contributed by atoms with Crippen LogP contribution in [0, 0.1) is 0 Å². The number of carboxylic acids is 1. The number of carbonyl (C=O) groups excluding carboxylic acids is 1. The summed E-state index contributed by atoms with van der Waals surface area (Å²) in [7, 11) is 0. The van der Waals surface area contributed by atoms with Gasteiger partial charge in [-0.15, -0.1) is 0 Å². The summed E-state index contributed by atoms with van der Waals surface area (Å²) in [6.07, 6.45) is -7.06. The Hall–Kier alpha value is -1.30. The number of carboxylic acid groups (broad SMARTS) is 1. The molecule has 1 fully saturated rings. The van der Waals surface area contributed by atoms with Crippen LogP contribution in [0.25, 0.3) is 0 Å². The lowest BCUT2D eigenvalue weighted by atomic mass is 9.96. The smallest absolute Gasteiger partial charge is 0.364 e. The third kappa shape index (κ3) is 3.87. The molecule has 1 unspecified atom stereocenters. The van der Waals surface area contributed by atoms with Crippen molar-refractivity contribution < 1.29 is 45.0 Å². The van der Waals surface area contributed by atoms with Gasteiger partial charge >= 0.3 is 5.97 Å². The molecule has 0 saturated carbocycles. The normalized spacial score (nSPS) is 33.2. The molecule has 1 saturated heterocycles. The van der Waals surface area contributed by atoms with Gasteiger partial charge in [0.2, 0.25) is 5.91 Å². The van der Waals surface area contributed by atoms with Gasteiger partial charge in [-0.05, 0) is 0 Å². The van der Waals surface area contributed by atoms with E-state index in [1.165, 1.54) is 0 Å². The van der Waals surface area contributed by atoms with Crippen LogP contribution in [0.5, 0.6) is 0 Å². The van der Waals surface area contributed by atoms with E-state index in [0.29, 0.717) is 0 Å². The van der Waals surface area contributed by atoms with Crippen molar-refractivity contribution in [1.29, 1.82) is 0 Å². The van der Waals surface area contributed by atoms with Gasteiger partial charge in [-0.1, -0.05) is 0 Å². The number of rotatable bonds is 6. The van der Waals surface area contributed by atoms with E-state index in [9.17, 15) is 30.0 Å². The van der Waals surface area contributed by atoms with Crippen LogP contribution in [0.1, 0.15) is 13.3 Å².